The molecule has 0 aliphatic rings. The number of carboxylic acids is 2. The predicted molar refractivity (Wildman–Crippen MR) is 120 cm³/mol. The van der Waals surface area contributed by atoms with E-state index in [4.69, 9.17) is 19.7 Å². The van der Waals surface area contributed by atoms with Gasteiger partial charge in [-0.15, -0.1) is 0 Å². The largest absolute Gasteiger partial charge is 0.497 e. The summed E-state index contributed by atoms with van der Waals surface area (Å²) in [5.41, 5.74) is 1.50. The van der Waals surface area contributed by atoms with E-state index in [1.165, 1.54) is 0 Å². The van der Waals surface area contributed by atoms with Crippen LogP contribution < -0.4 is 4.74 Å². The van der Waals surface area contributed by atoms with Crippen LogP contribution >= 0.6 is 0 Å². The van der Waals surface area contributed by atoms with Crippen LogP contribution in [0.1, 0.15) is 35.4 Å². The Morgan fingerprint density at radius 1 is 0.969 bits per heavy atom. The van der Waals surface area contributed by atoms with E-state index in [-0.39, 0.29) is 18.1 Å². The lowest BCUT2D eigenvalue weighted by Crippen LogP contribution is -2.28. The number of benzene rings is 2. The van der Waals surface area contributed by atoms with E-state index in [1.807, 2.05) is 44.4 Å². The quantitative estimate of drug-likeness (QED) is 0.446. The zero-order valence-corrected chi connectivity index (χ0v) is 18.6. The third-order valence-corrected chi connectivity index (χ3v) is 4.53. The summed E-state index contributed by atoms with van der Waals surface area (Å²) in [7, 11) is 5.63. The van der Waals surface area contributed by atoms with Crippen molar-refractivity contribution in [1.29, 1.82) is 0 Å². The van der Waals surface area contributed by atoms with Crippen molar-refractivity contribution in [3.05, 3.63) is 77.9 Å². The minimum Gasteiger partial charge on any atom is -0.497 e. The number of hydrogen-bond donors (Lipinski definition) is 2. The highest BCUT2D eigenvalue weighted by molar-refractivity contribution is 5.90. The minimum atomic E-state index is -1.26. The second kappa shape index (κ2) is 13.6. The number of esters is 1. The molecule has 0 aliphatic heterocycles. The fourth-order valence-corrected chi connectivity index (χ4v) is 2.53. The number of nitrogens with zero attached hydrogens (tertiary/aromatic N) is 1. The molecule has 0 fully saturated rings. The fourth-order valence-electron chi connectivity index (χ4n) is 2.53. The predicted octanol–water partition coefficient (Wildman–Crippen LogP) is 3.65. The molecule has 8 heteroatoms. The van der Waals surface area contributed by atoms with Crippen molar-refractivity contribution in [1.82, 2.24) is 4.90 Å². The Bertz CT molecular complexity index is 894. The Kier molecular flexibility index (Phi) is 11.2. The van der Waals surface area contributed by atoms with Gasteiger partial charge in [0.05, 0.1) is 12.7 Å². The number of hydrogen-bond acceptors (Lipinski definition) is 6. The maximum Gasteiger partial charge on any atom is 0.338 e. The standard InChI is InChI=1S/C20H25NO3.C4H4O4/c1-15(21(2)3)13-19(16-9-6-5-7-10-16)24-20(22)17-11-8-12-18(14-17)23-4;5-3(6)1-2-4(7)8/h5-12,14-15,19H,13H2,1-4H3;1-2H,(H,5,6)(H,7,8)/b;2-1-. The Balaban J connectivity index is 0.000000547. The molecule has 2 atom stereocenters. The van der Waals surface area contributed by atoms with E-state index < -0.39 is 11.9 Å². The van der Waals surface area contributed by atoms with Gasteiger partial charge in [0.1, 0.15) is 11.9 Å². The molecular formula is C24H29NO7. The van der Waals surface area contributed by atoms with E-state index in [1.54, 1.807) is 31.4 Å². The molecule has 2 rings (SSSR count). The summed E-state index contributed by atoms with van der Waals surface area (Å²) in [6, 6.07) is 17.2. The molecule has 2 N–H and O–H groups in total. The third kappa shape index (κ3) is 9.90. The zero-order valence-electron chi connectivity index (χ0n) is 18.6. The van der Waals surface area contributed by atoms with Crippen molar-refractivity contribution in [3.8, 4) is 5.75 Å². The lowest BCUT2D eigenvalue weighted by atomic mass is 10.0. The molecule has 0 radical (unpaired) electrons. The molecule has 0 spiro atoms. The van der Waals surface area contributed by atoms with Gasteiger partial charge in [0.15, 0.2) is 0 Å². The smallest absolute Gasteiger partial charge is 0.338 e. The Hall–Kier alpha value is -3.65. The zero-order chi connectivity index (χ0) is 24.1. The minimum absolute atomic E-state index is 0.285. The maximum absolute atomic E-state index is 12.6. The molecule has 0 amide bonds. The molecule has 0 bridgehead atoms. The van der Waals surface area contributed by atoms with Crippen molar-refractivity contribution < 1.29 is 34.1 Å². The summed E-state index contributed by atoms with van der Waals surface area (Å²) >= 11 is 0. The molecule has 0 heterocycles. The van der Waals surface area contributed by atoms with E-state index in [2.05, 4.69) is 11.8 Å². The van der Waals surface area contributed by atoms with Gasteiger partial charge < -0.3 is 24.6 Å². The highest BCUT2D eigenvalue weighted by atomic mass is 16.5. The lowest BCUT2D eigenvalue weighted by Gasteiger charge is -2.26. The van der Waals surface area contributed by atoms with Crippen LogP contribution in [0.5, 0.6) is 5.75 Å². The average Bonchev–Trinajstić information content (AvgIpc) is 2.78. The van der Waals surface area contributed by atoms with Gasteiger partial charge in [-0.05, 0) is 44.8 Å². The van der Waals surface area contributed by atoms with Gasteiger partial charge in [0, 0.05) is 24.6 Å². The molecule has 172 valence electrons. The Morgan fingerprint density at radius 3 is 2.06 bits per heavy atom. The monoisotopic (exact) mass is 443 g/mol. The van der Waals surface area contributed by atoms with Gasteiger partial charge in [0.25, 0.3) is 0 Å². The van der Waals surface area contributed by atoms with Gasteiger partial charge in [-0.25, -0.2) is 14.4 Å². The molecule has 8 nitrogen and oxygen atoms in total. The second-order valence-electron chi connectivity index (χ2n) is 7.09. The molecule has 0 aromatic heterocycles. The first kappa shape index (κ1) is 26.4. The van der Waals surface area contributed by atoms with E-state index in [9.17, 15) is 14.4 Å². The lowest BCUT2D eigenvalue weighted by molar-refractivity contribution is -0.134. The fraction of sp³-hybridized carbons (Fsp3) is 0.292. The number of carbonyl (C=O) groups is 3. The number of carbonyl (C=O) groups excluding carboxylic acids is 1. The van der Waals surface area contributed by atoms with Crippen LogP contribution in [0.2, 0.25) is 0 Å². The number of methoxy groups -OCH3 is 1. The summed E-state index contributed by atoms with van der Waals surface area (Å²) in [5, 5.41) is 15.6. The van der Waals surface area contributed by atoms with Gasteiger partial charge in [-0.2, -0.15) is 0 Å². The molecule has 2 unspecified atom stereocenters. The van der Waals surface area contributed by atoms with E-state index in [0.29, 0.717) is 23.5 Å². The van der Waals surface area contributed by atoms with Crippen LogP contribution in [-0.2, 0) is 14.3 Å². The van der Waals surface area contributed by atoms with Crippen LogP contribution in [-0.4, -0.2) is 60.3 Å². The first-order valence-electron chi connectivity index (χ1n) is 9.84. The van der Waals surface area contributed by atoms with Gasteiger partial charge in [0.2, 0.25) is 0 Å². The van der Waals surface area contributed by atoms with Gasteiger partial charge in [-0.3, -0.25) is 0 Å². The average molecular weight is 443 g/mol. The molecule has 0 aliphatic carbocycles. The van der Waals surface area contributed by atoms with Crippen molar-refractivity contribution in [2.24, 2.45) is 0 Å². The van der Waals surface area contributed by atoms with Crippen LogP contribution in [0, 0.1) is 0 Å². The molecule has 0 saturated heterocycles. The van der Waals surface area contributed by atoms with Gasteiger partial charge >= 0.3 is 17.9 Å². The van der Waals surface area contributed by atoms with Crippen molar-refractivity contribution in [2.75, 3.05) is 21.2 Å². The summed E-state index contributed by atoms with van der Waals surface area (Å²) < 4.78 is 11.0. The summed E-state index contributed by atoms with van der Waals surface area (Å²) in [6.45, 7) is 2.12. The molecular weight excluding hydrogens is 414 g/mol. The Labute approximate surface area is 187 Å². The van der Waals surface area contributed by atoms with Crippen LogP contribution in [0.4, 0.5) is 0 Å². The highest BCUT2D eigenvalue weighted by Crippen LogP contribution is 2.26. The van der Waals surface area contributed by atoms with Crippen molar-refractivity contribution in [3.63, 3.8) is 0 Å². The van der Waals surface area contributed by atoms with Crippen molar-refractivity contribution in [2.45, 2.75) is 25.5 Å². The maximum atomic E-state index is 12.6. The first-order valence-corrected chi connectivity index (χ1v) is 9.84. The molecule has 2 aromatic carbocycles. The SMILES string of the molecule is COc1cccc(C(=O)OC(CC(C)N(C)C)c2ccccc2)c1.O=C(O)/C=C\C(=O)O. The third-order valence-electron chi connectivity index (χ3n) is 4.53. The van der Waals surface area contributed by atoms with E-state index >= 15 is 0 Å². The van der Waals surface area contributed by atoms with Crippen LogP contribution in [0.25, 0.3) is 0 Å². The molecule has 2 aromatic rings. The van der Waals surface area contributed by atoms with E-state index in [0.717, 1.165) is 12.0 Å². The number of ether oxygens (including phenoxy) is 2. The highest BCUT2D eigenvalue weighted by Gasteiger charge is 2.21. The topological polar surface area (TPSA) is 113 Å². The van der Waals surface area contributed by atoms with Gasteiger partial charge in [-0.1, -0.05) is 36.4 Å². The van der Waals surface area contributed by atoms with Crippen LogP contribution in [0.3, 0.4) is 0 Å². The second-order valence-corrected chi connectivity index (χ2v) is 7.09. The number of aliphatic carboxylic acids is 2. The van der Waals surface area contributed by atoms with Crippen molar-refractivity contribution >= 4 is 17.9 Å². The number of rotatable bonds is 9. The summed E-state index contributed by atoms with van der Waals surface area (Å²) in [5.74, 6) is -2.21. The Morgan fingerprint density at radius 2 is 1.56 bits per heavy atom. The summed E-state index contributed by atoms with van der Waals surface area (Å²) in [4.78, 5) is 33.8. The number of carboxylic acid groups (broad SMARTS) is 2. The summed E-state index contributed by atoms with van der Waals surface area (Å²) in [6.07, 6.45) is 1.56. The van der Waals surface area contributed by atoms with Crippen LogP contribution in [0.15, 0.2) is 66.7 Å². The molecule has 0 saturated carbocycles. The molecule has 32 heavy (non-hydrogen) atoms. The first-order chi connectivity index (χ1) is 15.1. The normalized spacial score (nSPS) is 12.4.